The Morgan fingerprint density at radius 1 is 1.08 bits per heavy atom. The average Bonchev–Trinajstić information content (AvgIpc) is 2.59. The van der Waals surface area contributed by atoms with Gasteiger partial charge in [-0.05, 0) is 39.3 Å². The Bertz CT molecular complexity index is 734. The number of sulfone groups is 1. The number of ether oxygens (including phenoxy) is 2. The van der Waals surface area contributed by atoms with E-state index in [2.05, 4.69) is 15.9 Å². The molecule has 8 heteroatoms. The molecule has 0 saturated carbocycles. The minimum atomic E-state index is -3.73. The van der Waals surface area contributed by atoms with Gasteiger partial charge in [0.25, 0.3) is 0 Å². The summed E-state index contributed by atoms with van der Waals surface area (Å²) in [5, 5.41) is 0.0571. The molecule has 1 rings (SSSR count). The van der Waals surface area contributed by atoms with Crippen molar-refractivity contribution in [3.63, 3.8) is 0 Å². The van der Waals surface area contributed by atoms with Crippen molar-refractivity contribution in [3.8, 4) is 0 Å². The van der Waals surface area contributed by atoms with Crippen LogP contribution in [0.15, 0.2) is 40.1 Å². The molecule has 0 spiro atoms. The monoisotopic (exact) mass is 446 g/mol. The van der Waals surface area contributed by atoms with Gasteiger partial charge in [0.2, 0.25) is 9.84 Å². The summed E-state index contributed by atoms with van der Waals surface area (Å²) in [5.41, 5.74) is 0.943. The highest BCUT2D eigenvalue weighted by molar-refractivity contribution is 9.09. The molecule has 0 radical (unpaired) electrons. The molecule has 0 N–H and O–H groups in total. The van der Waals surface area contributed by atoms with Crippen LogP contribution in [-0.2, 0) is 28.9 Å². The van der Waals surface area contributed by atoms with Crippen molar-refractivity contribution in [3.05, 3.63) is 40.8 Å². The number of hydrogen-bond donors (Lipinski definition) is 0. The van der Waals surface area contributed by atoms with E-state index in [0.717, 1.165) is 5.56 Å². The van der Waals surface area contributed by atoms with Gasteiger partial charge in [0.15, 0.2) is 5.92 Å². The van der Waals surface area contributed by atoms with Crippen LogP contribution in [0.1, 0.15) is 25.8 Å². The van der Waals surface area contributed by atoms with Crippen molar-refractivity contribution in [2.24, 2.45) is 5.92 Å². The average molecular weight is 447 g/mol. The van der Waals surface area contributed by atoms with E-state index in [9.17, 15) is 18.0 Å². The lowest BCUT2D eigenvalue weighted by Gasteiger charge is -2.13. The number of rotatable bonds is 9. The molecule has 0 fully saturated rings. The van der Waals surface area contributed by atoms with Crippen LogP contribution >= 0.6 is 15.9 Å². The minimum Gasteiger partial charge on any atom is -0.465 e. The first-order chi connectivity index (χ1) is 12.3. The van der Waals surface area contributed by atoms with Gasteiger partial charge < -0.3 is 9.47 Å². The van der Waals surface area contributed by atoms with Crippen LogP contribution in [0.5, 0.6) is 0 Å². The summed E-state index contributed by atoms with van der Waals surface area (Å²) >= 11 is 3.17. The van der Waals surface area contributed by atoms with Crippen molar-refractivity contribution in [1.29, 1.82) is 0 Å². The fourth-order valence-corrected chi connectivity index (χ4v) is 4.52. The molecule has 26 heavy (non-hydrogen) atoms. The Kier molecular flexibility index (Phi) is 9.01. The van der Waals surface area contributed by atoms with Crippen molar-refractivity contribution in [2.45, 2.75) is 32.1 Å². The van der Waals surface area contributed by atoms with Crippen LogP contribution in [0.25, 0.3) is 0 Å². The second-order valence-electron chi connectivity index (χ2n) is 5.41. The molecule has 0 aromatic heterocycles. The second-order valence-corrected chi connectivity index (χ2v) is 7.98. The zero-order valence-electron chi connectivity index (χ0n) is 15.0. The molecule has 144 valence electrons. The standard InChI is InChI=1S/C18H23BrO6S/c1-4-24-17(20)16(18(21)25-5-2)11-10-15(12-19)26(22,23)14-8-6-13(3)7-9-14/h6-10,16H,4-5,11-12H2,1-3H3/b15-10+. The Hall–Kier alpha value is -1.67. The van der Waals surface area contributed by atoms with E-state index < -0.39 is 27.7 Å². The molecule has 0 heterocycles. The third-order valence-electron chi connectivity index (χ3n) is 3.53. The first kappa shape index (κ1) is 22.4. The lowest BCUT2D eigenvalue weighted by atomic mass is 10.1. The predicted octanol–water partition coefficient (Wildman–Crippen LogP) is 3.18. The molecule has 0 atom stereocenters. The molecule has 0 aliphatic carbocycles. The summed E-state index contributed by atoms with van der Waals surface area (Å²) < 4.78 is 35.3. The SMILES string of the molecule is CCOC(=O)C(C/C=C(\CBr)S(=O)(=O)c1ccc(C)cc1)C(=O)OCC. The van der Waals surface area contributed by atoms with Crippen molar-refractivity contribution >= 4 is 37.7 Å². The van der Waals surface area contributed by atoms with E-state index >= 15 is 0 Å². The number of aryl methyl sites for hydroxylation is 1. The summed E-state index contributed by atoms with van der Waals surface area (Å²) in [7, 11) is -3.73. The summed E-state index contributed by atoms with van der Waals surface area (Å²) in [6.45, 7) is 5.35. The zero-order valence-corrected chi connectivity index (χ0v) is 17.4. The van der Waals surface area contributed by atoms with Crippen LogP contribution in [0.3, 0.4) is 0 Å². The number of esters is 2. The quantitative estimate of drug-likeness (QED) is 0.328. The van der Waals surface area contributed by atoms with Gasteiger partial charge in [-0.1, -0.05) is 39.7 Å². The van der Waals surface area contributed by atoms with Crippen LogP contribution in [-0.4, -0.2) is 38.9 Å². The van der Waals surface area contributed by atoms with Crippen LogP contribution in [0.4, 0.5) is 0 Å². The molecule has 0 bridgehead atoms. The Labute approximate surface area is 162 Å². The molecule has 0 unspecified atom stereocenters. The first-order valence-corrected chi connectivity index (χ1v) is 10.8. The third kappa shape index (κ3) is 5.95. The summed E-state index contributed by atoms with van der Waals surface area (Å²) in [6, 6.07) is 6.46. The predicted molar refractivity (Wildman–Crippen MR) is 102 cm³/mol. The molecule has 6 nitrogen and oxygen atoms in total. The van der Waals surface area contributed by atoms with Gasteiger partial charge >= 0.3 is 11.9 Å². The minimum absolute atomic E-state index is 0.0571. The molecule has 0 aliphatic heterocycles. The maximum atomic E-state index is 12.7. The lowest BCUT2D eigenvalue weighted by Crippen LogP contribution is -2.28. The molecule has 0 aliphatic rings. The highest BCUT2D eigenvalue weighted by atomic mass is 79.9. The van der Waals surface area contributed by atoms with Gasteiger partial charge in [0.05, 0.1) is 23.0 Å². The number of carbonyl (C=O) groups excluding carboxylic acids is 2. The van der Waals surface area contributed by atoms with Gasteiger partial charge in [-0.15, -0.1) is 0 Å². The van der Waals surface area contributed by atoms with Gasteiger partial charge in [0.1, 0.15) is 0 Å². The maximum Gasteiger partial charge on any atom is 0.320 e. The molecule has 0 saturated heterocycles. The van der Waals surface area contributed by atoms with E-state index in [4.69, 9.17) is 9.47 Å². The first-order valence-electron chi connectivity index (χ1n) is 8.17. The molecule has 1 aromatic carbocycles. The highest BCUT2D eigenvalue weighted by Crippen LogP contribution is 2.23. The Morgan fingerprint density at radius 3 is 2.00 bits per heavy atom. The van der Waals surface area contributed by atoms with E-state index in [1.807, 2.05) is 6.92 Å². The molecule has 1 aromatic rings. The fourth-order valence-electron chi connectivity index (χ4n) is 2.13. The third-order valence-corrected chi connectivity index (χ3v) is 6.40. The summed E-state index contributed by atoms with van der Waals surface area (Å²) in [4.78, 5) is 24.2. The van der Waals surface area contributed by atoms with Gasteiger partial charge in [-0.25, -0.2) is 8.42 Å². The lowest BCUT2D eigenvalue weighted by molar-refractivity contribution is -0.161. The van der Waals surface area contributed by atoms with Crippen LogP contribution in [0, 0.1) is 12.8 Å². The van der Waals surface area contributed by atoms with Gasteiger partial charge in [-0.3, -0.25) is 9.59 Å². The number of alkyl halides is 1. The smallest absolute Gasteiger partial charge is 0.320 e. The number of allylic oxidation sites excluding steroid dienone is 2. The number of halogens is 1. The maximum absolute atomic E-state index is 12.7. The normalized spacial score (nSPS) is 12.1. The van der Waals surface area contributed by atoms with E-state index in [1.165, 1.54) is 18.2 Å². The largest absolute Gasteiger partial charge is 0.465 e. The molecular weight excluding hydrogens is 424 g/mol. The van der Waals surface area contributed by atoms with Crippen LogP contribution in [0.2, 0.25) is 0 Å². The number of benzene rings is 1. The van der Waals surface area contributed by atoms with E-state index in [0.29, 0.717) is 0 Å². The van der Waals surface area contributed by atoms with Crippen molar-refractivity contribution < 1.29 is 27.5 Å². The second kappa shape index (κ2) is 10.5. The van der Waals surface area contributed by atoms with E-state index in [1.54, 1.807) is 26.0 Å². The Balaban J connectivity index is 3.12. The number of hydrogen-bond acceptors (Lipinski definition) is 6. The Morgan fingerprint density at radius 2 is 1.58 bits per heavy atom. The highest BCUT2D eigenvalue weighted by Gasteiger charge is 2.29. The van der Waals surface area contributed by atoms with Crippen molar-refractivity contribution in [2.75, 3.05) is 18.5 Å². The molecular formula is C18H23BrO6S. The summed E-state index contributed by atoms with van der Waals surface area (Å²) in [5.74, 6) is -2.66. The van der Waals surface area contributed by atoms with Crippen molar-refractivity contribution in [1.82, 2.24) is 0 Å². The molecule has 0 amide bonds. The topological polar surface area (TPSA) is 86.7 Å². The van der Waals surface area contributed by atoms with E-state index in [-0.39, 0.29) is 34.8 Å². The van der Waals surface area contributed by atoms with Crippen LogP contribution < -0.4 is 0 Å². The van der Waals surface area contributed by atoms with Gasteiger partial charge in [-0.2, -0.15) is 0 Å². The number of carbonyl (C=O) groups is 2. The zero-order chi connectivity index (χ0) is 19.7. The van der Waals surface area contributed by atoms with Gasteiger partial charge in [0, 0.05) is 5.33 Å². The summed E-state index contributed by atoms with van der Waals surface area (Å²) in [6.07, 6.45) is 1.24. The fraction of sp³-hybridized carbons (Fsp3) is 0.444.